The zero-order valence-electron chi connectivity index (χ0n) is 17.4. The van der Waals surface area contributed by atoms with Crippen molar-refractivity contribution < 1.29 is 17.9 Å². The Labute approximate surface area is 179 Å². The summed E-state index contributed by atoms with van der Waals surface area (Å²) in [6, 6.07) is 15.0. The molecule has 1 amide bonds. The molecule has 0 saturated heterocycles. The number of amides is 1. The zero-order chi connectivity index (χ0) is 21.4. The van der Waals surface area contributed by atoms with Gasteiger partial charge in [-0.1, -0.05) is 50.3 Å². The Morgan fingerprint density at radius 3 is 2.17 bits per heavy atom. The predicted molar refractivity (Wildman–Crippen MR) is 118 cm³/mol. The monoisotopic (exact) mass is 430 g/mol. The van der Waals surface area contributed by atoms with Crippen LogP contribution in [0, 0.1) is 0 Å². The molecule has 6 nitrogen and oxygen atoms in total. The summed E-state index contributed by atoms with van der Waals surface area (Å²) in [7, 11) is -2.38. The maximum Gasteiger partial charge on any atom is 0.264 e. The minimum atomic E-state index is -3.91. The van der Waals surface area contributed by atoms with Crippen molar-refractivity contribution in [3.63, 3.8) is 0 Å². The number of nitrogens with zero attached hydrogens (tertiary/aromatic N) is 1. The number of nitrogens with one attached hydrogen (secondary N) is 1. The molecule has 1 N–H and O–H groups in total. The van der Waals surface area contributed by atoms with Crippen LogP contribution in [0.5, 0.6) is 5.75 Å². The van der Waals surface area contributed by atoms with Crippen LogP contribution in [0.2, 0.25) is 0 Å². The minimum Gasteiger partial charge on any atom is -0.497 e. The standard InChI is InChI=1S/C23H30N2O4S/c1-29-21-14-16-22(17-15-21)30(27,28)25(20-12-8-5-9-13-20)18-23(26)24-19-10-6-3-2-4-7-11-19/h5,8-9,12-17,19H,2-4,6-7,10-11,18H2,1H3,(H,24,26). The van der Waals surface area contributed by atoms with Crippen LogP contribution < -0.4 is 14.4 Å². The molecule has 0 radical (unpaired) electrons. The number of hydrogen-bond acceptors (Lipinski definition) is 4. The lowest BCUT2D eigenvalue weighted by Crippen LogP contribution is -2.44. The van der Waals surface area contributed by atoms with Crippen LogP contribution in [0.1, 0.15) is 44.9 Å². The molecule has 0 aliphatic heterocycles. The van der Waals surface area contributed by atoms with Crippen LogP contribution >= 0.6 is 0 Å². The number of carbonyl (C=O) groups excluding carboxylic acids is 1. The molecule has 30 heavy (non-hydrogen) atoms. The van der Waals surface area contributed by atoms with E-state index in [1.807, 2.05) is 6.07 Å². The fraction of sp³-hybridized carbons (Fsp3) is 0.435. The normalized spacial score (nSPS) is 15.6. The molecule has 162 valence electrons. The van der Waals surface area contributed by atoms with Crippen LogP contribution in [-0.4, -0.2) is 34.0 Å². The Kier molecular flexibility index (Phi) is 7.74. The molecular weight excluding hydrogens is 400 g/mol. The van der Waals surface area contributed by atoms with Crippen molar-refractivity contribution in [1.29, 1.82) is 0 Å². The molecule has 1 aliphatic carbocycles. The topological polar surface area (TPSA) is 75.7 Å². The third-order valence-electron chi connectivity index (χ3n) is 5.45. The third-order valence-corrected chi connectivity index (χ3v) is 7.24. The molecule has 0 heterocycles. The average Bonchev–Trinajstić information content (AvgIpc) is 2.74. The van der Waals surface area contributed by atoms with Gasteiger partial charge in [0.25, 0.3) is 10.0 Å². The first-order valence-electron chi connectivity index (χ1n) is 10.5. The summed E-state index contributed by atoms with van der Waals surface area (Å²) >= 11 is 0. The number of benzene rings is 2. The number of ether oxygens (including phenoxy) is 1. The van der Waals surface area contributed by atoms with Gasteiger partial charge in [0, 0.05) is 6.04 Å². The van der Waals surface area contributed by atoms with E-state index in [1.54, 1.807) is 36.4 Å². The molecule has 0 atom stereocenters. The predicted octanol–water partition coefficient (Wildman–Crippen LogP) is 4.12. The van der Waals surface area contributed by atoms with Gasteiger partial charge in [-0.15, -0.1) is 0 Å². The first-order chi connectivity index (χ1) is 14.5. The molecule has 3 rings (SSSR count). The fourth-order valence-corrected chi connectivity index (χ4v) is 5.21. The van der Waals surface area contributed by atoms with Crippen molar-refractivity contribution in [1.82, 2.24) is 5.32 Å². The van der Waals surface area contributed by atoms with Crippen LogP contribution in [0.15, 0.2) is 59.5 Å². The fourth-order valence-electron chi connectivity index (χ4n) is 3.79. The van der Waals surface area contributed by atoms with E-state index in [9.17, 15) is 13.2 Å². The van der Waals surface area contributed by atoms with Gasteiger partial charge in [-0.2, -0.15) is 0 Å². The minimum absolute atomic E-state index is 0.110. The van der Waals surface area contributed by atoms with E-state index < -0.39 is 10.0 Å². The smallest absolute Gasteiger partial charge is 0.264 e. The lowest BCUT2D eigenvalue weighted by molar-refractivity contribution is -0.120. The van der Waals surface area contributed by atoms with Gasteiger partial charge in [0.15, 0.2) is 0 Å². The molecule has 0 unspecified atom stereocenters. The molecule has 2 aromatic rings. The van der Waals surface area contributed by atoms with E-state index >= 15 is 0 Å². The Balaban J connectivity index is 1.81. The summed E-state index contributed by atoms with van der Waals surface area (Å²) in [6.07, 6.45) is 7.71. The summed E-state index contributed by atoms with van der Waals surface area (Å²) < 4.78 is 33.0. The quantitative estimate of drug-likeness (QED) is 0.717. The van der Waals surface area contributed by atoms with Gasteiger partial charge in [-0.25, -0.2) is 8.42 Å². The summed E-state index contributed by atoms with van der Waals surface area (Å²) in [4.78, 5) is 13.0. The molecule has 1 fully saturated rings. The molecule has 1 saturated carbocycles. The third kappa shape index (κ3) is 5.75. The van der Waals surface area contributed by atoms with Crippen molar-refractivity contribution in [3.05, 3.63) is 54.6 Å². The zero-order valence-corrected chi connectivity index (χ0v) is 18.2. The number of hydrogen-bond donors (Lipinski definition) is 1. The number of para-hydroxylation sites is 1. The van der Waals surface area contributed by atoms with E-state index in [4.69, 9.17) is 4.74 Å². The van der Waals surface area contributed by atoms with E-state index in [1.165, 1.54) is 42.8 Å². The Hall–Kier alpha value is -2.54. The maximum atomic E-state index is 13.4. The van der Waals surface area contributed by atoms with Gasteiger partial charge >= 0.3 is 0 Å². The second kappa shape index (κ2) is 10.5. The molecule has 0 bridgehead atoms. The van der Waals surface area contributed by atoms with Gasteiger partial charge in [-0.05, 0) is 49.2 Å². The molecule has 7 heteroatoms. The van der Waals surface area contributed by atoms with Gasteiger partial charge in [0.2, 0.25) is 5.91 Å². The second-order valence-corrected chi connectivity index (χ2v) is 9.49. The van der Waals surface area contributed by atoms with Crippen molar-refractivity contribution in [2.75, 3.05) is 18.0 Å². The highest BCUT2D eigenvalue weighted by molar-refractivity contribution is 7.92. The largest absolute Gasteiger partial charge is 0.497 e. The van der Waals surface area contributed by atoms with E-state index in [-0.39, 0.29) is 23.4 Å². The van der Waals surface area contributed by atoms with Gasteiger partial charge in [-0.3, -0.25) is 9.10 Å². The SMILES string of the molecule is COc1ccc(S(=O)(=O)N(CC(=O)NC2CCCCCCC2)c2ccccc2)cc1. The first-order valence-corrected chi connectivity index (χ1v) is 12.0. The number of rotatable bonds is 7. The summed E-state index contributed by atoms with van der Waals surface area (Å²) in [5.41, 5.74) is 0.459. The highest BCUT2D eigenvalue weighted by Crippen LogP contribution is 2.25. The van der Waals surface area contributed by atoms with E-state index in [2.05, 4.69) is 5.32 Å². The number of anilines is 1. The lowest BCUT2D eigenvalue weighted by Gasteiger charge is -2.26. The number of methoxy groups -OCH3 is 1. The Bertz CT molecular complexity index is 906. The molecule has 1 aliphatic rings. The van der Waals surface area contributed by atoms with Gasteiger partial charge in [0.1, 0.15) is 12.3 Å². The van der Waals surface area contributed by atoms with Crippen LogP contribution in [0.3, 0.4) is 0 Å². The van der Waals surface area contributed by atoms with Crippen molar-refractivity contribution in [2.24, 2.45) is 0 Å². The van der Waals surface area contributed by atoms with Crippen molar-refractivity contribution in [3.8, 4) is 5.75 Å². The van der Waals surface area contributed by atoms with Crippen LogP contribution in [0.25, 0.3) is 0 Å². The molecular formula is C23H30N2O4S. The van der Waals surface area contributed by atoms with E-state index in [0.29, 0.717) is 11.4 Å². The Morgan fingerprint density at radius 1 is 0.967 bits per heavy atom. The number of carbonyl (C=O) groups is 1. The average molecular weight is 431 g/mol. The van der Waals surface area contributed by atoms with Crippen molar-refractivity contribution >= 4 is 21.6 Å². The Morgan fingerprint density at radius 2 is 1.57 bits per heavy atom. The second-order valence-electron chi connectivity index (χ2n) is 7.63. The summed E-state index contributed by atoms with van der Waals surface area (Å²) in [5, 5.41) is 3.06. The highest BCUT2D eigenvalue weighted by atomic mass is 32.2. The van der Waals surface area contributed by atoms with E-state index in [0.717, 1.165) is 25.7 Å². The van der Waals surface area contributed by atoms with Gasteiger partial charge < -0.3 is 10.1 Å². The number of sulfonamides is 1. The maximum absolute atomic E-state index is 13.4. The van der Waals surface area contributed by atoms with Crippen molar-refractivity contribution in [2.45, 2.75) is 55.9 Å². The summed E-state index contributed by atoms with van der Waals surface area (Å²) in [6.45, 7) is -0.255. The molecule has 0 spiro atoms. The van der Waals surface area contributed by atoms with Crippen LogP contribution in [0.4, 0.5) is 5.69 Å². The summed E-state index contributed by atoms with van der Waals surface area (Å²) in [5.74, 6) is 0.295. The first kappa shape index (κ1) is 22.2. The molecule has 2 aromatic carbocycles. The highest BCUT2D eigenvalue weighted by Gasteiger charge is 2.28. The lowest BCUT2D eigenvalue weighted by atomic mass is 9.97. The van der Waals surface area contributed by atoms with Crippen LogP contribution in [-0.2, 0) is 14.8 Å². The van der Waals surface area contributed by atoms with Gasteiger partial charge in [0.05, 0.1) is 17.7 Å². The molecule has 0 aromatic heterocycles.